The van der Waals surface area contributed by atoms with Crippen LogP contribution in [0.4, 0.5) is 5.95 Å². The highest BCUT2D eigenvalue weighted by molar-refractivity contribution is 5.91. The first-order chi connectivity index (χ1) is 12.7. The van der Waals surface area contributed by atoms with E-state index < -0.39 is 0 Å². The molecular formula is C19H17N5O2. The molecule has 3 aromatic heterocycles. The zero-order chi connectivity index (χ0) is 18.1. The fourth-order valence-corrected chi connectivity index (χ4v) is 2.95. The van der Waals surface area contributed by atoms with Crippen molar-refractivity contribution >= 4 is 17.0 Å². The molecule has 0 aliphatic heterocycles. The first kappa shape index (κ1) is 15.9. The maximum absolute atomic E-state index is 6.23. The van der Waals surface area contributed by atoms with Crippen molar-refractivity contribution < 1.29 is 9.47 Å². The molecule has 26 heavy (non-hydrogen) atoms. The number of aromatic nitrogens is 4. The van der Waals surface area contributed by atoms with E-state index in [-0.39, 0.29) is 0 Å². The Morgan fingerprint density at radius 3 is 2.50 bits per heavy atom. The summed E-state index contributed by atoms with van der Waals surface area (Å²) < 4.78 is 12.6. The quantitative estimate of drug-likeness (QED) is 0.610. The molecule has 0 aliphatic carbocycles. The lowest BCUT2D eigenvalue weighted by molar-refractivity contribution is 0.355. The van der Waals surface area contributed by atoms with Gasteiger partial charge in [-0.25, -0.2) is 4.98 Å². The number of nitrogens with two attached hydrogens (primary N) is 1. The number of imidazole rings is 1. The number of anilines is 1. The van der Waals surface area contributed by atoms with E-state index in [9.17, 15) is 0 Å². The second-order valence-corrected chi connectivity index (χ2v) is 5.59. The summed E-state index contributed by atoms with van der Waals surface area (Å²) in [7, 11) is 3.20. The number of hydrogen-bond acceptors (Lipinski definition) is 6. The fraction of sp³-hybridized carbons (Fsp3) is 0.105. The molecule has 7 nitrogen and oxygen atoms in total. The van der Waals surface area contributed by atoms with E-state index >= 15 is 0 Å². The monoisotopic (exact) mass is 347 g/mol. The predicted octanol–water partition coefficient (Wildman–Crippen LogP) is 3.08. The Balaban J connectivity index is 1.94. The lowest BCUT2D eigenvalue weighted by atomic mass is 10.2. The van der Waals surface area contributed by atoms with Gasteiger partial charge in [-0.05, 0) is 30.3 Å². The number of hydrogen-bond donors (Lipinski definition) is 1. The Bertz CT molecular complexity index is 1080. The number of nitrogens with zero attached hydrogens (tertiary/aromatic N) is 4. The van der Waals surface area contributed by atoms with Crippen molar-refractivity contribution in [3.05, 3.63) is 54.9 Å². The molecule has 0 saturated heterocycles. The summed E-state index contributed by atoms with van der Waals surface area (Å²) in [6.45, 7) is 0. The molecule has 130 valence electrons. The number of pyridine rings is 2. The Morgan fingerprint density at radius 2 is 1.77 bits per heavy atom. The molecule has 0 unspecified atom stereocenters. The van der Waals surface area contributed by atoms with E-state index in [2.05, 4.69) is 15.0 Å². The summed E-state index contributed by atoms with van der Waals surface area (Å²) in [5, 5.41) is 0. The number of nitrogen functional groups attached to an aromatic ring is 1. The first-order valence-corrected chi connectivity index (χ1v) is 7.99. The van der Waals surface area contributed by atoms with Crippen molar-refractivity contribution in [2.24, 2.45) is 0 Å². The van der Waals surface area contributed by atoms with Crippen LogP contribution in [0.25, 0.3) is 28.1 Å². The van der Waals surface area contributed by atoms with Gasteiger partial charge in [-0.3, -0.25) is 14.5 Å². The van der Waals surface area contributed by atoms with Gasteiger partial charge in [-0.15, -0.1) is 0 Å². The van der Waals surface area contributed by atoms with Gasteiger partial charge in [0, 0.05) is 18.5 Å². The van der Waals surface area contributed by atoms with Crippen LogP contribution in [0.3, 0.4) is 0 Å². The van der Waals surface area contributed by atoms with Crippen LogP contribution < -0.4 is 15.2 Å². The van der Waals surface area contributed by atoms with Gasteiger partial charge in [0.05, 0.1) is 31.1 Å². The van der Waals surface area contributed by atoms with Gasteiger partial charge in [-0.1, -0.05) is 6.07 Å². The summed E-state index contributed by atoms with van der Waals surface area (Å²) in [5.41, 5.74) is 10.0. The third-order valence-corrected chi connectivity index (χ3v) is 4.13. The minimum atomic E-state index is 0.359. The summed E-state index contributed by atoms with van der Waals surface area (Å²) in [5.74, 6) is 1.62. The zero-order valence-electron chi connectivity index (χ0n) is 14.4. The number of methoxy groups -OCH3 is 2. The molecule has 4 rings (SSSR count). The number of rotatable bonds is 4. The molecule has 0 amide bonds. The highest BCUT2D eigenvalue weighted by Crippen LogP contribution is 2.33. The maximum Gasteiger partial charge on any atom is 0.206 e. The standard InChI is InChI=1S/C19H17N5O2/c1-25-15-7-6-12(11-16(15)26-2)24-14-8-10-22-17(18(14)23-19(24)20)13-5-3-4-9-21-13/h3-11H,1-2H3,(H2,20,23). The van der Waals surface area contributed by atoms with Crippen LogP contribution in [0.15, 0.2) is 54.9 Å². The number of fused-ring (bicyclic) bond motifs is 1. The molecule has 4 aromatic rings. The Kier molecular flexibility index (Phi) is 3.89. The highest BCUT2D eigenvalue weighted by Gasteiger charge is 2.17. The topological polar surface area (TPSA) is 88.1 Å². The smallest absolute Gasteiger partial charge is 0.206 e. The van der Waals surface area contributed by atoms with E-state index in [1.807, 2.05) is 47.0 Å². The average Bonchev–Trinajstić information content (AvgIpc) is 3.03. The molecule has 2 N–H and O–H groups in total. The van der Waals surface area contributed by atoms with Gasteiger partial charge in [0.1, 0.15) is 11.2 Å². The molecule has 7 heteroatoms. The van der Waals surface area contributed by atoms with Gasteiger partial charge >= 0.3 is 0 Å². The number of benzene rings is 1. The second-order valence-electron chi connectivity index (χ2n) is 5.59. The largest absolute Gasteiger partial charge is 0.493 e. The molecule has 0 bridgehead atoms. The fourth-order valence-electron chi connectivity index (χ4n) is 2.95. The molecule has 1 aromatic carbocycles. The Labute approximate surface area is 150 Å². The van der Waals surface area contributed by atoms with Crippen molar-refractivity contribution in [1.29, 1.82) is 0 Å². The Morgan fingerprint density at radius 1 is 0.923 bits per heavy atom. The third kappa shape index (κ3) is 2.50. The van der Waals surface area contributed by atoms with E-state index in [1.165, 1.54) is 0 Å². The second kappa shape index (κ2) is 6.36. The normalized spacial score (nSPS) is 10.8. The van der Waals surface area contributed by atoms with Gasteiger partial charge in [0.2, 0.25) is 5.95 Å². The molecule has 0 atom stereocenters. The SMILES string of the molecule is COc1ccc(-n2c(N)nc3c(-c4ccccn4)nccc32)cc1OC. The molecule has 0 spiro atoms. The van der Waals surface area contributed by atoms with Crippen molar-refractivity contribution in [2.45, 2.75) is 0 Å². The third-order valence-electron chi connectivity index (χ3n) is 4.13. The van der Waals surface area contributed by atoms with Crippen LogP contribution >= 0.6 is 0 Å². The van der Waals surface area contributed by atoms with Crippen LogP contribution in [-0.4, -0.2) is 33.7 Å². The van der Waals surface area contributed by atoms with Gasteiger partial charge in [0.15, 0.2) is 11.5 Å². The predicted molar refractivity (Wildman–Crippen MR) is 99.6 cm³/mol. The minimum Gasteiger partial charge on any atom is -0.493 e. The molecule has 0 aliphatic rings. The Hall–Kier alpha value is -3.61. The summed E-state index contributed by atoms with van der Waals surface area (Å²) in [6.07, 6.45) is 3.45. The molecular weight excluding hydrogens is 330 g/mol. The molecule has 0 radical (unpaired) electrons. The zero-order valence-corrected chi connectivity index (χ0v) is 14.4. The summed E-state index contributed by atoms with van der Waals surface area (Å²) in [4.78, 5) is 13.3. The van der Waals surface area contributed by atoms with Crippen LogP contribution in [0.5, 0.6) is 11.5 Å². The lowest BCUT2D eigenvalue weighted by Crippen LogP contribution is -2.01. The van der Waals surface area contributed by atoms with E-state index in [0.717, 1.165) is 16.9 Å². The minimum absolute atomic E-state index is 0.359. The van der Waals surface area contributed by atoms with Crippen LogP contribution in [-0.2, 0) is 0 Å². The van der Waals surface area contributed by atoms with Gasteiger partial charge in [0.25, 0.3) is 0 Å². The van der Waals surface area contributed by atoms with E-state index in [1.54, 1.807) is 26.6 Å². The molecule has 3 heterocycles. The van der Waals surface area contributed by atoms with Crippen molar-refractivity contribution in [1.82, 2.24) is 19.5 Å². The molecule has 0 saturated carbocycles. The first-order valence-electron chi connectivity index (χ1n) is 7.99. The van der Waals surface area contributed by atoms with E-state index in [0.29, 0.717) is 28.7 Å². The van der Waals surface area contributed by atoms with E-state index in [4.69, 9.17) is 15.2 Å². The highest BCUT2D eigenvalue weighted by atomic mass is 16.5. The maximum atomic E-state index is 6.23. The lowest BCUT2D eigenvalue weighted by Gasteiger charge is -2.11. The average molecular weight is 347 g/mol. The molecule has 0 fully saturated rings. The number of ether oxygens (including phenoxy) is 2. The van der Waals surface area contributed by atoms with Crippen molar-refractivity contribution in [3.63, 3.8) is 0 Å². The summed E-state index contributed by atoms with van der Waals surface area (Å²) >= 11 is 0. The summed E-state index contributed by atoms with van der Waals surface area (Å²) in [6, 6.07) is 13.1. The van der Waals surface area contributed by atoms with Crippen LogP contribution in [0.2, 0.25) is 0 Å². The van der Waals surface area contributed by atoms with Gasteiger partial charge in [-0.2, -0.15) is 0 Å². The van der Waals surface area contributed by atoms with Crippen molar-refractivity contribution in [3.8, 4) is 28.6 Å². The van der Waals surface area contributed by atoms with Crippen LogP contribution in [0, 0.1) is 0 Å². The van der Waals surface area contributed by atoms with Crippen LogP contribution in [0.1, 0.15) is 0 Å². The van der Waals surface area contributed by atoms with Crippen molar-refractivity contribution in [2.75, 3.05) is 20.0 Å². The van der Waals surface area contributed by atoms with Gasteiger partial charge < -0.3 is 15.2 Å².